The number of unbranched alkanes of at least 4 members (excludes halogenated alkanes) is 1. The molecule has 0 spiro atoms. The van der Waals surface area contributed by atoms with Crippen molar-refractivity contribution < 1.29 is 9.53 Å². The van der Waals surface area contributed by atoms with Crippen molar-refractivity contribution in [2.24, 2.45) is 5.92 Å². The minimum Gasteiger partial charge on any atom is -0.491 e. The fourth-order valence-corrected chi connectivity index (χ4v) is 1.86. The second-order valence-electron chi connectivity index (χ2n) is 5.38. The summed E-state index contributed by atoms with van der Waals surface area (Å²) in [5.74, 6) is 1.40. The number of amides is 1. The van der Waals surface area contributed by atoms with Crippen molar-refractivity contribution in [1.29, 1.82) is 0 Å². The van der Waals surface area contributed by atoms with Gasteiger partial charge in [0.15, 0.2) is 0 Å². The quantitative estimate of drug-likeness (QED) is 0.539. The van der Waals surface area contributed by atoms with E-state index >= 15 is 0 Å². The van der Waals surface area contributed by atoms with Gasteiger partial charge in [0.25, 0.3) is 0 Å². The molecule has 4 nitrogen and oxygen atoms in total. The molecule has 1 aromatic rings. The lowest BCUT2D eigenvalue weighted by Gasteiger charge is -2.09. The highest BCUT2D eigenvalue weighted by molar-refractivity contribution is 5.75. The molecule has 0 radical (unpaired) electrons. The molecule has 0 aliphatic carbocycles. The first kappa shape index (κ1) is 16.3. The Morgan fingerprint density at radius 2 is 2.05 bits per heavy atom. The van der Waals surface area contributed by atoms with Crippen molar-refractivity contribution in [2.45, 2.75) is 39.5 Å². The van der Waals surface area contributed by atoms with Crippen LogP contribution in [0.15, 0.2) is 24.3 Å². The average molecular weight is 278 g/mol. The van der Waals surface area contributed by atoms with Crippen LogP contribution in [-0.2, 0) is 4.79 Å². The number of hydrogen-bond acceptors (Lipinski definition) is 3. The summed E-state index contributed by atoms with van der Waals surface area (Å²) in [4.78, 5) is 11.6. The number of anilines is 1. The van der Waals surface area contributed by atoms with Gasteiger partial charge in [0.1, 0.15) is 5.75 Å². The number of benzene rings is 1. The average Bonchev–Trinajstić information content (AvgIpc) is 2.40. The fraction of sp³-hybridized carbons (Fsp3) is 0.562. The third-order valence-electron chi connectivity index (χ3n) is 3.04. The van der Waals surface area contributed by atoms with Gasteiger partial charge in [-0.3, -0.25) is 4.79 Å². The van der Waals surface area contributed by atoms with E-state index in [1.54, 1.807) is 12.1 Å². The van der Waals surface area contributed by atoms with Gasteiger partial charge in [-0.2, -0.15) is 0 Å². The zero-order chi connectivity index (χ0) is 14.8. The van der Waals surface area contributed by atoms with E-state index in [4.69, 9.17) is 10.5 Å². The number of nitrogens with two attached hydrogens (primary N) is 1. The molecule has 1 rings (SSSR count). The van der Waals surface area contributed by atoms with Gasteiger partial charge in [-0.25, -0.2) is 0 Å². The number of carbonyl (C=O) groups excluding carboxylic acids is 1. The van der Waals surface area contributed by atoms with Gasteiger partial charge in [0, 0.05) is 6.54 Å². The van der Waals surface area contributed by atoms with Gasteiger partial charge < -0.3 is 15.8 Å². The van der Waals surface area contributed by atoms with Gasteiger partial charge in [-0.15, -0.1) is 0 Å². The van der Waals surface area contributed by atoms with Crippen LogP contribution in [0.4, 0.5) is 5.69 Å². The van der Waals surface area contributed by atoms with E-state index in [2.05, 4.69) is 19.2 Å². The standard InChI is InChI=1S/C16H26N2O2/c1-13(2)7-5-6-11-18-16(19)10-12-20-15-9-4-3-8-14(15)17/h3-4,8-9,13H,5-7,10-12,17H2,1-2H3,(H,18,19). The first-order chi connectivity index (χ1) is 9.59. The van der Waals surface area contributed by atoms with E-state index in [9.17, 15) is 4.79 Å². The van der Waals surface area contributed by atoms with Gasteiger partial charge in [-0.05, 0) is 24.5 Å². The molecule has 0 aliphatic rings. The van der Waals surface area contributed by atoms with Crippen LogP contribution in [0.2, 0.25) is 0 Å². The minimum atomic E-state index is 0.0315. The molecular formula is C16H26N2O2. The highest BCUT2D eigenvalue weighted by Gasteiger charge is 2.03. The highest BCUT2D eigenvalue weighted by Crippen LogP contribution is 2.19. The predicted octanol–water partition coefficient (Wildman–Crippen LogP) is 2.98. The number of carbonyl (C=O) groups is 1. The zero-order valence-electron chi connectivity index (χ0n) is 12.5. The van der Waals surface area contributed by atoms with E-state index in [-0.39, 0.29) is 5.91 Å². The smallest absolute Gasteiger partial charge is 0.223 e. The fourth-order valence-electron chi connectivity index (χ4n) is 1.86. The molecule has 3 N–H and O–H groups in total. The summed E-state index contributed by atoms with van der Waals surface area (Å²) in [5.41, 5.74) is 6.35. The van der Waals surface area contributed by atoms with Crippen LogP contribution in [0, 0.1) is 5.92 Å². The molecular weight excluding hydrogens is 252 g/mol. The summed E-state index contributed by atoms with van der Waals surface area (Å²) in [6, 6.07) is 7.30. The molecule has 0 aromatic heterocycles. The number of para-hydroxylation sites is 2. The topological polar surface area (TPSA) is 64.3 Å². The summed E-state index contributed by atoms with van der Waals surface area (Å²) >= 11 is 0. The van der Waals surface area contributed by atoms with E-state index in [1.165, 1.54) is 6.42 Å². The Labute approximate surface area is 121 Å². The lowest BCUT2D eigenvalue weighted by molar-refractivity contribution is -0.121. The summed E-state index contributed by atoms with van der Waals surface area (Å²) in [6.07, 6.45) is 3.77. The van der Waals surface area contributed by atoms with Crippen molar-refractivity contribution >= 4 is 11.6 Å². The summed E-state index contributed by atoms with van der Waals surface area (Å²) in [5, 5.41) is 2.91. The Kier molecular flexibility index (Phi) is 7.55. The molecule has 20 heavy (non-hydrogen) atoms. The molecule has 4 heteroatoms. The second-order valence-corrected chi connectivity index (χ2v) is 5.38. The Morgan fingerprint density at radius 3 is 2.75 bits per heavy atom. The molecule has 0 aliphatic heterocycles. The third-order valence-corrected chi connectivity index (χ3v) is 3.04. The van der Waals surface area contributed by atoms with E-state index in [0.29, 0.717) is 24.5 Å². The Hall–Kier alpha value is -1.71. The van der Waals surface area contributed by atoms with Crippen LogP contribution in [0.3, 0.4) is 0 Å². The molecule has 0 heterocycles. The normalized spacial score (nSPS) is 10.6. The maximum Gasteiger partial charge on any atom is 0.223 e. The van der Waals surface area contributed by atoms with Crippen molar-refractivity contribution in [2.75, 3.05) is 18.9 Å². The maximum absolute atomic E-state index is 11.6. The first-order valence-corrected chi connectivity index (χ1v) is 7.33. The molecule has 0 fully saturated rings. The first-order valence-electron chi connectivity index (χ1n) is 7.33. The van der Waals surface area contributed by atoms with Gasteiger partial charge in [0.2, 0.25) is 5.91 Å². The van der Waals surface area contributed by atoms with Gasteiger partial charge in [0.05, 0.1) is 18.7 Å². The van der Waals surface area contributed by atoms with E-state index in [0.717, 1.165) is 25.3 Å². The SMILES string of the molecule is CC(C)CCCCNC(=O)CCOc1ccccc1N. The predicted molar refractivity (Wildman–Crippen MR) is 82.7 cm³/mol. The molecule has 0 bridgehead atoms. The van der Waals surface area contributed by atoms with Crippen molar-refractivity contribution in [3.8, 4) is 5.75 Å². The summed E-state index contributed by atoms with van der Waals surface area (Å²) < 4.78 is 5.48. The van der Waals surface area contributed by atoms with Crippen molar-refractivity contribution in [1.82, 2.24) is 5.32 Å². The Morgan fingerprint density at radius 1 is 1.30 bits per heavy atom. The third kappa shape index (κ3) is 7.02. The van der Waals surface area contributed by atoms with Crippen molar-refractivity contribution in [3.05, 3.63) is 24.3 Å². The van der Waals surface area contributed by atoms with Crippen molar-refractivity contribution in [3.63, 3.8) is 0 Å². The molecule has 112 valence electrons. The molecule has 0 atom stereocenters. The van der Waals surface area contributed by atoms with Crippen LogP contribution >= 0.6 is 0 Å². The Balaban J connectivity index is 2.07. The number of nitrogen functional groups attached to an aromatic ring is 1. The lowest BCUT2D eigenvalue weighted by Crippen LogP contribution is -2.26. The monoisotopic (exact) mass is 278 g/mol. The van der Waals surface area contributed by atoms with Gasteiger partial charge in [-0.1, -0.05) is 38.8 Å². The number of nitrogens with one attached hydrogen (secondary N) is 1. The molecule has 0 saturated heterocycles. The van der Waals surface area contributed by atoms with Crippen LogP contribution in [0.5, 0.6) is 5.75 Å². The Bertz CT molecular complexity index is 405. The minimum absolute atomic E-state index is 0.0315. The highest BCUT2D eigenvalue weighted by atomic mass is 16.5. The number of ether oxygens (including phenoxy) is 1. The molecule has 1 amide bonds. The summed E-state index contributed by atoms with van der Waals surface area (Å²) in [6.45, 7) is 5.53. The largest absolute Gasteiger partial charge is 0.491 e. The van der Waals surface area contributed by atoms with Gasteiger partial charge >= 0.3 is 0 Å². The number of rotatable bonds is 9. The maximum atomic E-state index is 11.6. The van der Waals surface area contributed by atoms with Crippen LogP contribution < -0.4 is 15.8 Å². The summed E-state index contributed by atoms with van der Waals surface area (Å²) in [7, 11) is 0. The van der Waals surface area contributed by atoms with Crippen LogP contribution in [0.25, 0.3) is 0 Å². The van der Waals surface area contributed by atoms with Crippen LogP contribution in [-0.4, -0.2) is 19.1 Å². The van der Waals surface area contributed by atoms with Crippen LogP contribution in [0.1, 0.15) is 39.5 Å². The lowest BCUT2D eigenvalue weighted by atomic mass is 10.1. The van der Waals surface area contributed by atoms with E-state index in [1.807, 2.05) is 12.1 Å². The number of hydrogen-bond donors (Lipinski definition) is 2. The van der Waals surface area contributed by atoms with E-state index < -0.39 is 0 Å². The molecule has 0 saturated carbocycles. The molecule has 1 aromatic carbocycles. The molecule has 0 unspecified atom stereocenters. The second kappa shape index (κ2) is 9.23. The zero-order valence-corrected chi connectivity index (χ0v) is 12.5.